The smallest absolute Gasteiger partial charge is 0.451 e. The molecule has 0 N–H and O–H groups in total. The van der Waals surface area contributed by atoms with Crippen molar-refractivity contribution < 1.29 is 18.8 Å². The Balaban J connectivity index is 1.97. The first-order valence-corrected chi connectivity index (χ1v) is 7.27. The minimum atomic E-state index is -0.569. The lowest BCUT2D eigenvalue weighted by atomic mass is 9.77. The van der Waals surface area contributed by atoms with E-state index in [2.05, 4.69) is 0 Å². The molecule has 1 aromatic carbocycles. The number of esters is 1. The van der Waals surface area contributed by atoms with E-state index in [1.54, 1.807) is 0 Å². The fourth-order valence-electron chi connectivity index (χ4n) is 2.72. The van der Waals surface area contributed by atoms with Crippen LogP contribution >= 0.6 is 0 Å². The van der Waals surface area contributed by atoms with Crippen LogP contribution in [0, 0.1) is 0 Å². The van der Waals surface area contributed by atoms with E-state index in [1.807, 2.05) is 59.7 Å². The molecule has 0 spiro atoms. The van der Waals surface area contributed by atoms with E-state index in [0.717, 1.165) is 11.0 Å². The zero-order valence-corrected chi connectivity index (χ0v) is 13.4. The molecule has 3 rings (SSSR count). The van der Waals surface area contributed by atoms with Gasteiger partial charge in [-0.25, -0.2) is 4.79 Å². The highest BCUT2D eigenvalue weighted by molar-refractivity contribution is 6.62. The summed E-state index contributed by atoms with van der Waals surface area (Å²) in [6.07, 6.45) is 0. The van der Waals surface area contributed by atoms with E-state index >= 15 is 0 Å². The SMILES string of the molecule is CC1(C)OC(=O)c2cc(B3OC(C)(C)C(C)(C)O3)ccc21. The zero-order valence-electron chi connectivity index (χ0n) is 13.4. The summed E-state index contributed by atoms with van der Waals surface area (Å²) >= 11 is 0. The molecule has 21 heavy (non-hydrogen) atoms. The van der Waals surface area contributed by atoms with Gasteiger partial charge in [0.2, 0.25) is 0 Å². The second-order valence-electron chi connectivity index (χ2n) is 7.29. The molecule has 0 saturated carbocycles. The van der Waals surface area contributed by atoms with Crippen LogP contribution in [0.4, 0.5) is 0 Å². The largest absolute Gasteiger partial charge is 0.494 e. The highest BCUT2D eigenvalue weighted by atomic mass is 16.7. The van der Waals surface area contributed by atoms with Crippen molar-refractivity contribution in [2.45, 2.75) is 58.3 Å². The summed E-state index contributed by atoms with van der Waals surface area (Å²) in [7, 11) is -0.461. The fraction of sp³-hybridized carbons (Fsp3) is 0.562. The highest BCUT2D eigenvalue weighted by Crippen LogP contribution is 2.38. The van der Waals surface area contributed by atoms with Crippen LogP contribution in [0.3, 0.4) is 0 Å². The van der Waals surface area contributed by atoms with Crippen molar-refractivity contribution in [1.82, 2.24) is 0 Å². The lowest BCUT2D eigenvalue weighted by Crippen LogP contribution is -2.41. The number of cyclic esters (lactones) is 1. The van der Waals surface area contributed by atoms with Crippen LogP contribution in [-0.2, 0) is 19.6 Å². The highest BCUT2D eigenvalue weighted by Gasteiger charge is 2.52. The first-order valence-electron chi connectivity index (χ1n) is 7.27. The quantitative estimate of drug-likeness (QED) is 0.588. The van der Waals surface area contributed by atoms with Crippen LogP contribution in [0.5, 0.6) is 0 Å². The molecule has 1 saturated heterocycles. The third kappa shape index (κ3) is 2.10. The Morgan fingerprint density at radius 1 is 0.952 bits per heavy atom. The van der Waals surface area contributed by atoms with Gasteiger partial charge < -0.3 is 14.0 Å². The van der Waals surface area contributed by atoms with Crippen molar-refractivity contribution >= 4 is 18.6 Å². The van der Waals surface area contributed by atoms with Crippen LogP contribution in [0.1, 0.15) is 57.5 Å². The first-order chi connectivity index (χ1) is 9.53. The Morgan fingerprint density at radius 3 is 2.10 bits per heavy atom. The molecule has 0 amide bonds. The van der Waals surface area contributed by atoms with Gasteiger partial charge in [-0.3, -0.25) is 0 Å². The topological polar surface area (TPSA) is 44.8 Å². The predicted octanol–water partition coefficient (Wildman–Crippen LogP) is 2.39. The van der Waals surface area contributed by atoms with E-state index in [1.165, 1.54) is 0 Å². The zero-order chi connectivity index (χ0) is 15.6. The third-order valence-electron chi connectivity index (χ3n) is 4.79. The molecule has 0 atom stereocenters. The van der Waals surface area contributed by atoms with E-state index in [0.29, 0.717) is 5.56 Å². The average Bonchev–Trinajstić information content (AvgIpc) is 2.70. The third-order valence-corrected chi connectivity index (χ3v) is 4.79. The minimum absolute atomic E-state index is 0.284. The molecule has 0 aliphatic carbocycles. The summed E-state index contributed by atoms with van der Waals surface area (Å²) in [4.78, 5) is 12.0. The van der Waals surface area contributed by atoms with Crippen molar-refractivity contribution in [2.75, 3.05) is 0 Å². The standard InChI is InChI=1S/C16H21BO4/c1-14(2)12-8-7-10(9-11(12)13(18)19-14)17-20-15(3,4)16(5,6)21-17/h7-9H,1-6H3. The predicted molar refractivity (Wildman–Crippen MR) is 80.6 cm³/mol. The van der Waals surface area contributed by atoms with Gasteiger partial charge in [-0.05, 0) is 53.1 Å². The molecule has 4 nitrogen and oxygen atoms in total. The summed E-state index contributed by atoms with van der Waals surface area (Å²) in [6, 6.07) is 5.71. The summed E-state index contributed by atoms with van der Waals surface area (Å²) in [5, 5.41) is 0. The van der Waals surface area contributed by atoms with Crippen molar-refractivity contribution in [3.63, 3.8) is 0 Å². The van der Waals surface area contributed by atoms with Crippen molar-refractivity contribution in [2.24, 2.45) is 0 Å². The Hall–Kier alpha value is -1.33. The first kappa shape index (κ1) is 14.6. The normalized spacial score (nSPS) is 24.9. The molecule has 0 unspecified atom stereocenters. The Bertz CT molecular complexity index is 603. The van der Waals surface area contributed by atoms with Crippen LogP contribution in [0.15, 0.2) is 18.2 Å². The molecule has 0 aromatic heterocycles. The molecule has 1 fully saturated rings. The Kier molecular flexibility index (Phi) is 2.86. The second kappa shape index (κ2) is 4.11. The van der Waals surface area contributed by atoms with Gasteiger partial charge in [-0.15, -0.1) is 0 Å². The molecule has 0 radical (unpaired) electrons. The molecule has 2 heterocycles. The van der Waals surface area contributed by atoms with Crippen molar-refractivity contribution in [3.8, 4) is 0 Å². The molecule has 2 aliphatic heterocycles. The van der Waals surface area contributed by atoms with Gasteiger partial charge in [0.05, 0.1) is 16.8 Å². The van der Waals surface area contributed by atoms with Gasteiger partial charge in [0.1, 0.15) is 5.60 Å². The van der Waals surface area contributed by atoms with Crippen molar-refractivity contribution in [1.29, 1.82) is 0 Å². The van der Waals surface area contributed by atoms with Crippen LogP contribution in [0.25, 0.3) is 0 Å². The molecular weight excluding hydrogens is 267 g/mol. The number of ether oxygens (including phenoxy) is 1. The van der Waals surface area contributed by atoms with E-state index < -0.39 is 23.9 Å². The molecule has 5 heteroatoms. The van der Waals surface area contributed by atoms with Gasteiger partial charge in [0, 0.05) is 5.56 Å². The Labute approximate surface area is 125 Å². The van der Waals surface area contributed by atoms with Gasteiger partial charge in [-0.1, -0.05) is 12.1 Å². The van der Waals surface area contributed by atoms with Gasteiger partial charge in [0.15, 0.2) is 0 Å². The number of fused-ring (bicyclic) bond motifs is 1. The molecule has 1 aromatic rings. The number of carbonyl (C=O) groups excluding carboxylic acids is 1. The van der Waals surface area contributed by atoms with Gasteiger partial charge in [0.25, 0.3) is 0 Å². The fourth-order valence-corrected chi connectivity index (χ4v) is 2.72. The van der Waals surface area contributed by atoms with Crippen LogP contribution in [-0.4, -0.2) is 24.3 Å². The summed E-state index contributed by atoms with van der Waals surface area (Å²) < 4.78 is 17.4. The summed E-state index contributed by atoms with van der Waals surface area (Å²) in [6.45, 7) is 11.8. The van der Waals surface area contributed by atoms with E-state index in [9.17, 15) is 4.79 Å². The number of benzene rings is 1. The number of carbonyl (C=O) groups is 1. The monoisotopic (exact) mass is 288 g/mol. The van der Waals surface area contributed by atoms with Gasteiger partial charge >= 0.3 is 13.1 Å². The lowest BCUT2D eigenvalue weighted by Gasteiger charge is -2.32. The lowest BCUT2D eigenvalue weighted by molar-refractivity contribution is 0.00578. The number of hydrogen-bond donors (Lipinski definition) is 0. The minimum Gasteiger partial charge on any atom is -0.451 e. The summed E-state index contributed by atoms with van der Waals surface area (Å²) in [5.74, 6) is -0.284. The molecule has 2 aliphatic rings. The summed E-state index contributed by atoms with van der Waals surface area (Å²) in [5.41, 5.74) is 1.01. The maximum absolute atomic E-state index is 12.0. The average molecular weight is 288 g/mol. The van der Waals surface area contributed by atoms with Crippen LogP contribution in [0.2, 0.25) is 0 Å². The Morgan fingerprint density at radius 2 is 1.52 bits per heavy atom. The maximum Gasteiger partial charge on any atom is 0.494 e. The molecule has 112 valence electrons. The van der Waals surface area contributed by atoms with E-state index in [-0.39, 0.29) is 5.97 Å². The number of rotatable bonds is 1. The maximum atomic E-state index is 12.0. The van der Waals surface area contributed by atoms with Crippen LogP contribution < -0.4 is 5.46 Å². The number of hydrogen-bond acceptors (Lipinski definition) is 4. The van der Waals surface area contributed by atoms with E-state index in [4.69, 9.17) is 14.0 Å². The van der Waals surface area contributed by atoms with Gasteiger partial charge in [-0.2, -0.15) is 0 Å². The van der Waals surface area contributed by atoms with Crippen molar-refractivity contribution in [3.05, 3.63) is 29.3 Å². The molecular formula is C16H21BO4. The molecule has 0 bridgehead atoms. The second-order valence-corrected chi connectivity index (χ2v) is 7.29.